The summed E-state index contributed by atoms with van der Waals surface area (Å²) in [5.41, 5.74) is 2.22. The topological polar surface area (TPSA) is 45.2 Å². The second kappa shape index (κ2) is 8.33. The highest BCUT2D eigenvalue weighted by Gasteiger charge is 2.27. The maximum atomic E-state index is 5.97. The van der Waals surface area contributed by atoms with Gasteiger partial charge in [-0.1, -0.05) is 23.7 Å². The molecule has 0 aliphatic carbocycles. The van der Waals surface area contributed by atoms with Crippen LogP contribution in [0.1, 0.15) is 18.5 Å². The Morgan fingerprint density at radius 2 is 2.11 bits per heavy atom. The van der Waals surface area contributed by atoms with Gasteiger partial charge in [0.1, 0.15) is 5.01 Å². The van der Waals surface area contributed by atoms with Crippen molar-refractivity contribution in [3.63, 3.8) is 0 Å². The van der Waals surface area contributed by atoms with E-state index in [1.165, 1.54) is 12.8 Å². The Bertz CT molecular complexity index is 868. The largest absolute Gasteiger partial charge is 0.351 e. The molecule has 1 fully saturated rings. The molecule has 0 bridgehead atoms. The lowest BCUT2D eigenvalue weighted by Crippen LogP contribution is -2.39. The zero-order chi connectivity index (χ0) is 18.6. The van der Waals surface area contributed by atoms with Gasteiger partial charge in [0.15, 0.2) is 5.82 Å². The average Bonchev–Trinajstić information content (AvgIpc) is 3.33. The Hall–Kier alpha value is -2.02. The van der Waals surface area contributed by atoms with Crippen LogP contribution < -0.4 is 4.90 Å². The van der Waals surface area contributed by atoms with Gasteiger partial charge >= 0.3 is 0 Å². The number of rotatable bonds is 6. The molecule has 1 unspecified atom stereocenters. The van der Waals surface area contributed by atoms with E-state index >= 15 is 0 Å². The number of nitrogens with zero attached hydrogens (tertiary/aromatic N) is 5. The van der Waals surface area contributed by atoms with Crippen molar-refractivity contribution in [2.24, 2.45) is 0 Å². The van der Waals surface area contributed by atoms with Crippen LogP contribution in [0.15, 0.2) is 48.0 Å². The summed E-state index contributed by atoms with van der Waals surface area (Å²) >= 11 is 7.66. The summed E-state index contributed by atoms with van der Waals surface area (Å²) in [6.07, 6.45) is 4.11. The minimum atomic E-state index is 0.473. The fourth-order valence-electron chi connectivity index (χ4n) is 3.58. The highest BCUT2D eigenvalue weighted by atomic mass is 35.5. The number of thiazole rings is 1. The summed E-state index contributed by atoms with van der Waals surface area (Å²) in [5.74, 6) is 0.979. The molecule has 0 N–H and O–H groups in total. The van der Waals surface area contributed by atoms with Crippen molar-refractivity contribution in [2.45, 2.75) is 25.4 Å². The van der Waals surface area contributed by atoms with Crippen LogP contribution in [0.4, 0.5) is 5.82 Å². The molecular weight excluding hydrogens is 378 g/mol. The Kier molecular flexibility index (Phi) is 5.66. The third-order valence-electron chi connectivity index (χ3n) is 4.83. The van der Waals surface area contributed by atoms with E-state index in [-0.39, 0.29) is 0 Å². The second-order valence-corrected chi connectivity index (χ2v) is 8.21. The van der Waals surface area contributed by atoms with Crippen LogP contribution in [0.3, 0.4) is 0 Å². The van der Waals surface area contributed by atoms with Crippen LogP contribution in [0.5, 0.6) is 0 Å². The zero-order valence-corrected chi connectivity index (χ0v) is 16.8. The quantitative estimate of drug-likeness (QED) is 0.616. The fourth-order valence-corrected chi connectivity index (χ4v) is 4.52. The normalized spacial score (nSPS) is 17.0. The van der Waals surface area contributed by atoms with E-state index in [2.05, 4.69) is 32.4 Å². The van der Waals surface area contributed by atoms with Gasteiger partial charge in [-0.2, -0.15) is 5.10 Å². The first kappa shape index (κ1) is 18.3. The molecule has 2 aromatic heterocycles. The molecule has 1 aliphatic heterocycles. The van der Waals surface area contributed by atoms with Gasteiger partial charge in [-0.25, -0.2) is 4.98 Å². The Balaban J connectivity index is 1.38. The number of likely N-dealkylation sites (N-methyl/N-ethyl adjacent to an activating group) is 1. The molecule has 0 amide bonds. The molecule has 1 saturated heterocycles. The number of hydrogen-bond acceptors (Lipinski definition) is 6. The summed E-state index contributed by atoms with van der Waals surface area (Å²) in [7, 11) is 2.16. The van der Waals surface area contributed by atoms with Crippen molar-refractivity contribution < 1.29 is 0 Å². The van der Waals surface area contributed by atoms with Gasteiger partial charge < -0.3 is 4.90 Å². The molecular formula is C20H22ClN5S. The number of hydrogen-bond donors (Lipinski definition) is 0. The minimum Gasteiger partial charge on any atom is -0.351 e. The summed E-state index contributed by atoms with van der Waals surface area (Å²) in [6, 6.07) is 12.3. The fraction of sp³-hybridized carbons (Fsp3) is 0.350. The first-order valence-corrected chi connectivity index (χ1v) is 10.4. The van der Waals surface area contributed by atoms with Crippen LogP contribution in [-0.2, 0) is 6.54 Å². The van der Waals surface area contributed by atoms with Gasteiger partial charge in [-0.15, -0.1) is 16.4 Å². The van der Waals surface area contributed by atoms with E-state index in [4.69, 9.17) is 16.6 Å². The molecule has 3 heterocycles. The first-order chi connectivity index (χ1) is 13.2. The van der Waals surface area contributed by atoms with Gasteiger partial charge in [0.05, 0.1) is 5.69 Å². The Morgan fingerprint density at radius 1 is 1.26 bits per heavy atom. The predicted octanol–water partition coefficient (Wildman–Crippen LogP) is 4.35. The number of benzene rings is 1. The van der Waals surface area contributed by atoms with Gasteiger partial charge in [0.25, 0.3) is 0 Å². The van der Waals surface area contributed by atoms with Crippen molar-refractivity contribution in [1.82, 2.24) is 20.1 Å². The van der Waals surface area contributed by atoms with E-state index in [1.54, 1.807) is 17.5 Å². The van der Waals surface area contributed by atoms with Crippen LogP contribution in [0.25, 0.3) is 10.6 Å². The first-order valence-electron chi connectivity index (χ1n) is 9.12. The summed E-state index contributed by atoms with van der Waals surface area (Å²) in [6.45, 7) is 2.88. The SMILES string of the molecule is CN(Cc1csc(-c2ccc(Cl)cc2)n1)CC1CCCN1c1cccnn1. The molecule has 4 rings (SSSR count). The van der Waals surface area contributed by atoms with E-state index in [1.807, 2.05) is 36.4 Å². The molecule has 3 aromatic rings. The average molecular weight is 400 g/mol. The summed E-state index contributed by atoms with van der Waals surface area (Å²) in [4.78, 5) is 9.53. The van der Waals surface area contributed by atoms with Crippen molar-refractivity contribution in [2.75, 3.05) is 25.0 Å². The molecule has 0 saturated carbocycles. The lowest BCUT2D eigenvalue weighted by atomic mass is 10.2. The highest BCUT2D eigenvalue weighted by molar-refractivity contribution is 7.13. The number of halogens is 1. The maximum absolute atomic E-state index is 5.97. The third-order valence-corrected chi connectivity index (χ3v) is 6.02. The highest BCUT2D eigenvalue weighted by Crippen LogP contribution is 2.27. The smallest absolute Gasteiger partial charge is 0.151 e. The molecule has 0 spiro atoms. The van der Waals surface area contributed by atoms with Crippen LogP contribution in [-0.4, -0.2) is 46.3 Å². The summed E-state index contributed by atoms with van der Waals surface area (Å²) in [5, 5.41) is 12.2. The van der Waals surface area contributed by atoms with Crippen molar-refractivity contribution >= 4 is 28.8 Å². The molecule has 1 aromatic carbocycles. The standard InChI is InChI=1S/C20H22ClN5S/c1-25(13-18-4-3-11-26(18)19-5-2-10-22-24-19)12-17-14-27-20(23-17)15-6-8-16(21)9-7-15/h2,5-10,14,18H,3-4,11-13H2,1H3. The maximum Gasteiger partial charge on any atom is 0.151 e. The van der Waals surface area contributed by atoms with Gasteiger partial charge in [0, 0.05) is 47.8 Å². The molecule has 27 heavy (non-hydrogen) atoms. The number of aromatic nitrogens is 3. The molecule has 0 radical (unpaired) electrons. The predicted molar refractivity (Wildman–Crippen MR) is 111 cm³/mol. The molecule has 7 heteroatoms. The molecule has 5 nitrogen and oxygen atoms in total. The van der Waals surface area contributed by atoms with Crippen molar-refractivity contribution in [3.05, 3.63) is 58.7 Å². The third kappa shape index (κ3) is 4.46. The van der Waals surface area contributed by atoms with E-state index in [0.29, 0.717) is 6.04 Å². The van der Waals surface area contributed by atoms with E-state index in [0.717, 1.165) is 46.7 Å². The lowest BCUT2D eigenvalue weighted by molar-refractivity contribution is 0.300. The molecule has 140 valence electrons. The monoisotopic (exact) mass is 399 g/mol. The van der Waals surface area contributed by atoms with Crippen LogP contribution in [0.2, 0.25) is 5.02 Å². The Labute approximate surface area is 168 Å². The molecule has 1 aliphatic rings. The number of anilines is 1. The molecule has 1 atom stereocenters. The van der Waals surface area contributed by atoms with Gasteiger partial charge in [0.2, 0.25) is 0 Å². The van der Waals surface area contributed by atoms with Crippen LogP contribution in [0, 0.1) is 0 Å². The van der Waals surface area contributed by atoms with Crippen LogP contribution >= 0.6 is 22.9 Å². The minimum absolute atomic E-state index is 0.473. The van der Waals surface area contributed by atoms with Crippen molar-refractivity contribution in [1.29, 1.82) is 0 Å². The zero-order valence-electron chi connectivity index (χ0n) is 15.3. The van der Waals surface area contributed by atoms with Crippen molar-refractivity contribution in [3.8, 4) is 10.6 Å². The van der Waals surface area contributed by atoms with E-state index in [9.17, 15) is 0 Å². The second-order valence-electron chi connectivity index (χ2n) is 6.92. The van der Waals surface area contributed by atoms with Gasteiger partial charge in [-0.05, 0) is 44.2 Å². The van der Waals surface area contributed by atoms with Gasteiger partial charge in [-0.3, -0.25) is 4.90 Å². The summed E-state index contributed by atoms with van der Waals surface area (Å²) < 4.78 is 0. The Morgan fingerprint density at radius 3 is 2.89 bits per heavy atom. The van der Waals surface area contributed by atoms with E-state index < -0.39 is 0 Å². The lowest BCUT2D eigenvalue weighted by Gasteiger charge is -2.28.